The Kier molecular flexibility index (Phi) is 4.62. The van der Waals surface area contributed by atoms with Crippen molar-refractivity contribution in [2.24, 2.45) is 0 Å². The maximum Gasteiger partial charge on any atom is 0.257 e. The van der Waals surface area contributed by atoms with E-state index >= 15 is 0 Å². The van der Waals surface area contributed by atoms with Crippen LogP contribution in [0.2, 0.25) is 0 Å². The number of aliphatic hydroxyl groups is 1. The third kappa shape index (κ3) is 3.62. The molecule has 1 amide bonds. The third-order valence-corrected chi connectivity index (χ3v) is 4.23. The Morgan fingerprint density at radius 2 is 1.88 bits per heavy atom. The van der Waals surface area contributed by atoms with Gasteiger partial charge in [0.25, 0.3) is 5.91 Å². The summed E-state index contributed by atoms with van der Waals surface area (Å²) in [4.78, 5) is 14.3. The molecule has 3 rings (SSSR count). The Hall–Kier alpha value is -2.27. The molecule has 0 aliphatic heterocycles. The zero-order chi connectivity index (χ0) is 17.3. The van der Waals surface area contributed by atoms with Gasteiger partial charge in [0.05, 0.1) is 18.2 Å². The minimum Gasteiger partial charge on any atom is -0.387 e. The molecule has 5 heteroatoms. The molecule has 2 aromatic rings. The lowest BCUT2D eigenvalue weighted by Gasteiger charge is -2.26. The SMILES string of the molecule is Cc1ccc(F)c(C(=O)N(CC(O)c2ccc(F)cc2)C2CC2)c1. The zero-order valence-corrected chi connectivity index (χ0v) is 13.4. The van der Waals surface area contributed by atoms with Gasteiger partial charge in [-0.05, 0) is 49.6 Å². The van der Waals surface area contributed by atoms with E-state index in [9.17, 15) is 18.7 Å². The molecule has 0 saturated heterocycles. The Bertz CT molecular complexity index is 742. The molecular weight excluding hydrogens is 312 g/mol. The van der Waals surface area contributed by atoms with Gasteiger partial charge < -0.3 is 10.0 Å². The first-order valence-electron chi connectivity index (χ1n) is 7.96. The van der Waals surface area contributed by atoms with Gasteiger partial charge in [-0.3, -0.25) is 4.79 Å². The van der Waals surface area contributed by atoms with Crippen LogP contribution >= 0.6 is 0 Å². The first-order chi connectivity index (χ1) is 11.5. The van der Waals surface area contributed by atoms with Gasteiger partial charge in [-0.15, -0.1) is 0 Å². The molecule has 1 unspecified atom stereocenters. The first kappa shape index (κ1) is 16.6. The largest absolute Gasteiger partial charge is 0.387 e. The molecule has 0 bridgehead atoms. The average molecular weight is 331 g/mol. The van der Waals surface area contributed by atoms with Gasteiger partial charge in [-0.1, -0.05) is 23.8 Å². The minimum atomic E-state index is -0.942. The number of carbonyl (C=O) groups is 1. The van der Waals surface area contributed by atoms with Crippen LogP contribution in [0.15, 0.2) is 42.5 Å². The van der Waals surface area contributed by atoms with Gasteiger partial charge in [0.2, 0.25) is 0 Å². The molecule has 0 spiro atoms. The third-order valence-electron chi connectivity index (χ3n) is 4.23. The number of carbonyl (C=O) groups excluding carboxylic acids is 1. The normalized spacial score (nSPS) is 15.2. The molecule has 0 radical (unpaired) electrons. The lowest BCUT2D eigenvalue weighted by molar-refractivity contribution is 0.0598. The predicted octanol–water partition coefficient (Wildman–Crippen LogP) is 3.61. The van der Waals surface area contributed by atoms with Crippen molar-refractivity contribution in [1.82, 2.24) is 4.90 Å². The second-order valence-electron chi connectivity index (χ2n) is 6.24. The molecule has 126 valence electrons. The van der Waals surface area contributed by atoms with Crippen molar-refractivity contribution in [3.63, 3.8) is 0 Å². The monoisotopic (exact) mass is 331 g/mol. The molecule has 1 saturated carbocycles. The highest BCUT2D eigenvalue weighted by atomic mass is 19.1. The minimum absolute atomic E-state index is 0.0208. The molecule has 2 aromatic carbocycles. The van der Waals surface area contributed by atoms with Gasteiger partial charge in [0.15, 0.2) is 0 Å². The van der Waals surface area contributed by atoms with E-state index in [4.69, 9.17) is 0 Å². The second-order valence-corrected chi connectivity index (χ2v) is 6.24. The molecule has 0 heterocycles. The van der Waals surface area contributed by atoms with Crippen LogP contribution < -0.4 is 0 Å². The molecule has 1 atom stereocenters. The predicted molar refractivity (Wildman–Crippen MR) is 86.6 cm³/mol. The summed E-state index contributed by atoms with van der Waals surface area (Å²) >= 11 is 0. The van der Waals surface area contributed by atoms with E-state index < -0.39 is 17.8 Å². The number of halogens is 2. The molecule has 24 heavy (non-hydrogen) atoms. The van der Waals surface area contributed by atoms with Crippen molar-refractivity contribution in [2.45, 2.75) is 31.9 Å². The van der Waals surface area contributed by atoms with Crippen molar-refractivity contribution < 1.29 is 18.7 Å². The highest BCUT2D eigenvalue weighted by molar-refractivity contribution is 5.95. The van der Waals surface area contributed by atoms with E-state index in [1.165, 1.54) is 41.3 Å². The fraction of sp³-hybridized carbons (Fsp3) is 0.316. The molecular formula is C19H19F2NO2. The van der Waals surface area contributed by atoms with E-state index in [1.807, 2.05) is 0 Å². The van der Waals surface area contributed by atoms with E-state index in [-0.39, 0.29) is 24.0 Å². The van der Waals surface area contributed by atoms with Crippen LogP contribution in [0.25, 0.3) is 0 Å². The Balaban J connectivity index is 1.81. The number of benzene rings is 2. The zero-order valence-electron chi connectivity index (χ0n) is 13.4. The molecule has 1 aliphatic rings. The Morgan fingerprint density at radius 3 is 2.50 bits per heavy atom. The van der Waals surface area contributed by atoms with E-state index in [0.717, 1.165) is 18.4 Å². The smallest absolute Gasteiger partial charge is 0.257 e. The number of aliphatic hydroxyl groups excluding tert-OH is 1. The van der Waals surface area contributed by atoms with E-state index in [2.05, 4.69) is 0 Å². The Morgan fingerprint density at radius 1 is 1.21 bits per heavy atom. The van der Waals surface area contributed by atoms with Gasteiger partial charge >= 0.3 is 0 Å². The summed E-state index contributed by atoms with van der Waals surface area (Å²) in [5, 5.41) is 10.4. The number of hydrogen-bond donors (Lipinski definition) is 1. The summed E-state index contributed by atoms with van der Waals surface area (Å²) in [6, 6.07) is 9.95. The fourth-order valence-corrected chi connectivity index (χ4v) is 2.72. The summed E-state index contributed by atoms with van der Waals surface area (Å²) in [5.74, 6) is -1.37. The molecule has 1 fully saturated rings. The second kappa shape index (κ2) is 6.69. The number of aryl methyl sites for hydroxylation is 1. The molecule has 1 N–H and O–H groups in total. The molecule has 3 nitrogen and oxygen atoms in total. The van der Waals surface area contributed by atoms with Crippen molar-refractivity contribution >= 4 is 5.91 Å². The quantitative estimate of drug-likeness (QED) is 0.909. The number of nitrogens with zero attached hydrogens (tertiary/aromatic N) is 1. The standard InChI is InChI=1S/C19H19F2NO2/c1-12-2-9-17(21)16(10-12)19(24)22(15-7-8-15)11-18(23)13-3-5-14(20)6-4-13/h2-6,9-10,15,18,23H,7-8,11H2,1H3. The van der Waals surface area contributed by atoms with Crippen molar-refractivity contribution in [3.8, 4) is 0 Å². The lowest BCUT2D eigenvalue weighted by Crippen LogP contribution is -2.37. The lowest BCUT2D eigenvalue weighted by atomic mass is 10.1. The van der Waals surface area contributed by atoms with Crippen molar-refractivity contribution in [2.75, 3.05) is 6.54 Å². The number of hydrogen-bond acceptors (Lipinski definition) is 2. The molecule has 1 aliphatic carbocycles. The summed E-state index contributed by atoms with van der Waals surface area (Å²) in [6.07, 6.45) is 0.743. The average Bonchev–Trinajstić information content (AvgIpc) is 3.39. The van der Waals surface area contributed by atoms with Gasteiger partial charge in [-0.2, -0.15) is 0 Å². The summed E-state index contributed by atoms with van der Waals surface area (Å²) in [6.45, 7) is 1.85. The maximum atomic E-state index is 14.0. The van der Waals surface area contributed by atoms with Crippen LogP contribution in [0.4, 0.5) is 8.78 Å². The molecule has 0 aromatic heterocycles. The first-order valence-corrected chi connectivity index (χ1v) is 7.96. The number of rotatable bonds is 5. The van der Waals surface area contributed by atoms with Crippen LogP contribution in [0.1, 0.15) is 40.4 Å². The van der Waals surface area contributed by atoms with E-state index in [1.54, 1.807) is 13.0 Å². The number of amides is 1. The van der Waals surface area contributed by atoms with Crippen molar-refractivity contribution in [3.05, 3.63) is 70.8 Å². The van der Waals surface area contributed by atoms with Gasteiger partial charge in [0, 0.05) is 6.04 Å². The summed E-state index contributed by atoms with van der Waals surface area (Å²) < 4.78 is 27.0. The van der Waals surface area contributed by atoms with Crippen LogP contribution in [0.3, 0.4) is 0 Å². The topological polar surface area (TPSA) is 40.5 Å². The van der Waals surface area contributed by atoms with E-state index in [0.29, 0.717) is 5.56 Å². The van der Waals surface area contributed by atoms with Crippen molar-refractivity contribution in [1.29, 1.82) is 0 Å². The maximum absolute atomic E-state index is 14.0. The highest BCUT2D eigenvalue weighted by Gasteiger charge is 2.35. The van der Waals surface area contributed by atoms with Crippen LogP contribution in [0, 0.1) is 18.6 Å². The van der Waals surface area contributed by atoms with Crippen LogP contribution in [-0.4, -0.2) is 28.5 Å². The highest BCUT2D eigenvalue weighted by Crippen LogP contribution is 2.31. The summed E-state index contributed by atoms with van der Waals surface area (Å²) in [7, 11) is 0. The van der Waals surface area contributed by atoms with Crippen LogP contribution in [-0.2, 0) is 0 Å². The van der Waals surface area contributed by atoms with Gasteiger partial charge in [0.1, 0.15) is 11.6 Å². The van der Waals surface area contributed by atoms with Gasteiger partial charge in [-0.25, -0.2) is 8.78 Å². The summed E-state index contributed by atoms with van der Waals surface area (Å²) in [5.41, 5.74) is 1.35. The Labute approximate surface area is 139 Å². The van der Waals surface area contributed by atoms with Crippen LogP contribution in [0.5, 0.6) is 0 Å². The fourth-order valence-electron chi connectivity index (χ4n) is 2.72.